The van der Waals surface area contributed by atoms with E-state index in [1.54, 1.807) is 0 Å². The summed E-state index contributed by atoms with van der Waals surface area (Å²) in [5, 5.41) is 0. The zero-order chi connectivity index (χ0) is 29.1. The van der Waals surface area contributed by atoms with E-state index in [1.165, 1.54) is 70.5 Å². The standard InChI is InChI=1S/C39H47N3/c1-5-41(6-2)33-19-15-29(16-20-33)39(30-17-21-34(22-18-30)42(7-3)8-4)37-23-24-38(36-12-10-9-11-35(36)37)40-27-32-26-28-13-14-31(32)25-28/h9-12,15-24,28,31-32H,5-8,13-14,25-27H2,1-4H3. The van der Waals surface area contributed by atoms with Crippen molar-refractivity contribution in [3.63, 3.8) is 0 Å². The van der Waals surface area contributed by atoms with Gasteiger partial charge in [-0.3, -0.25) is 4.99 Å². The molecule has 0 spiro atoms. The Morgan fingerprint density at radius 2 is 1.24 bits per heavy atom. The number of anilines is 2. The monoisotopic (exact) mass is 557 g/mol. The van der Waals surface area contributed by atoms with Crippen molar-refractivity contribution < 1.29 is 0 Å². The average molecular weight is 558 g/mol. The van der Waals surface area contributed by atoms with Crippen molar-refractivity contribution in [3.05, 3.63) is 107 Å². The highest BCUT2D eigenvalue weighted by Crippen LogP contribution is 2.48. The summed E-state index contributed by atoms with van der Waals surface area (Å²) in [6.07, 6.45) is 10.3. The SMILES string of the molecule is CCN(CC)c1ccc(C(=C2C=CC(=NCC3CC4CCC3C4)c3ccccc32)c2ccc(N(CC)CC)cc2)cc1. The Hall–Kier alpha value is -3.59. The van der Waals surface area contributed by atoms with E-state index in [0.29, 0.717) is 0 Å². The van der Waals surface area contributed by atoms with Gasteiger partial charge in [-0.1, -0.05) is 61.0 Å². The van der Waals surface area contributed by atoms with E-state index in [4.69, 9.17) is 4.99 Å². The predicted molar refractivity (Wildman–Crippen MR) is 182 cm³/mol. The number of hydrogen-bond donors (Lipinski definition) is 0. The number of rotatable bonds is 10. The highest BCUT2D eigenvalue weighted by atomic mass is 15.1. The fourth-order valence-corrected chi connectivity index (χ4v) is 7.79. The van der Waals surface area contributed by atoms with Gasteiger partial charge in [0.25, 0.3) is 0 Å². The molecule has 2 fully saturated rings. The van der Waals surface area contributed by atoms with E-state index in [1.807, 2.05) is 0 Å². The summed E-state index contributed by atoms with van der Waals surface area (Å²) in [6, 6.07) is 27.3. The smallest absolute Gasteiger partial charge is 0.0653 e. The molecule has 6 rings (SSSR count). The van der Waals surface area contributed by atoms with E-state index in [2.05, 4.69) is 122 Å². The molecule has 3 nitrogen and oxygen atoms in total. The Morgan fingerprint density at radius 1 is 0.667 bits per heavy atom. The maximum atomic E-state index is 5.26. The average Bonchev–Trinajstić information content (AvgIpc) is 3.67. The van der Waals surface area contributed by atoms with Crippen molar-refractivity contribution in [2.45, 2.75) is 53.4 Å². The number of aliphatic imine (C=N–C) groups is 1. The number of nitrogens with zero attached hydrogens (tertiary/aromatic N) is 3. The molecule has 3 unspecified atom stereocenters. The van der Waals surface area contributed by atoms with Crippen LogP contribution in [-0.2, 0) is 0 Å². The topological polar surface area (TPSA) is 18.8 Å². The van der Waals surface area contributed by atoms with Crippen LogP contribution in [0, 0.1) is 17.8 Å². The van der Waals surface area contributed by atoms with Gasteiger partial charge in [-0.15, -0.1) is 0 Å². The van der Waals surface area contributed by atoms with Crippen LogP contribution in [0.25, 0.3) is 11.1 Å². The second kappa shape index (κ2) is 12.7. The summed E-state index contributed by atoms with van der Waals surface area (Å²) < 4.78 is 0. The molecule has 2 bridgehead atoms. The van der Waals surface area contributed by atoms with Gasteiger partial charge in [0.1, 0.15) is 0 Å². The van der Waals surface area contributed by atoms with E-state index >= 15 is 0 Å². The van der Waals surface area contributed by atoms with E-state index in [-0.39, 0.29) is 0 Å². The molecular weight excluding hydrogens is 510 g/mol. The molecular formula is C39H47N3. The van der Waals surface area contributed by atoms with Crippen LogP contribution in [0.2, 0.25) is 0 Å². The molecule has 42 heavy (non-hydrogen) atoms. The summed E-state index contributed by atoms with van der Waals surface area (Å²) in [5.41, 5.74) is 11.3. The fourth-order valence-electron chi connectivity index (χ4n) is 7.79. The summed E-state index contributed by atoms with van der Waals surface area (Å²) in [4.78, 5) is 10.1. The molecule has 0 saturated heterocycles. The lowest BCUT2D eigenvalue weighted by Gasteiger charge is -2.24. The molecule has 3 heteroatoms. The maximum Gasteiger partial charge on any atom is 0.0653 e. The van der Waals surface area contributed by atoms with Gasteiger partial charge < -0.3 is 9.80 Å². The first kappa shape index (κ1) is 28.5. The Morgan fingerprint density at radius 3 is 1.74 bits per heavy atom. The summed E-state index contributed by atoms with van der Waals surface area (Å²) in [5.74, 6) is 2.65. The largest absolute Gasteiger partial charge is 0.372 e. The van der Waals surface area contributed by atoms with Gasteiger partial charge in [-0.2, -0.15) is 0 Å². The fraction of sp³-hybridized carbons (Fsp3) is 0.410. The van der Waals surface area contributed by atoms with Gasteiger partial charge in [0.05, 0.1) is 5.71 Å². The quantitative estimate of drug-likeness (QED) is 0.247. The van der Waals surface area contributed by atoms with Gasteiger partial charge in [0, 0.05) is 49.7 Å². The van der Waals surface area contributed by atoms with E-state index in [9.17, 15) is 0 Å². The highest BCUT2D eigenvalue weighted by Gasteiger charge is 2.39. The highest BCUT2D eigenvalue weighted by molar-refractivity contribution is 6.19. The van der Waals surface area contributed by atoms with E-state index < -0.39 is 0 Å². The van der Waals surface area contributed by atoms with Crippen molar-refractivity contribution >= 4 is 28.2 Å². The molecule has 0 N–H and O–H groups in total. The van der Waals surface area contributed by atoms with Crippen LogP contribution in [0.3, 0.4) is 0 Å². The number of benzene rings is 3. The second-order valence-corrected chi connectivity index (χ2v) is 12.3. The minimum absolute atomic E-state index is 0.776. The van der Waals surface area contributed by atoms with Crippen molar-refractivity contribution in [1.82, 2.24) is 0 Å². The van der Waals surface area contributed by atoms with Gasteiger partial charge in [-0.05, 0) is 123 Å². The zero-order valence-corrected chi connectivity index (χ0v) is 26.0. The molecule has 0 aromatic heterocycles. The molecule has 3 aromatic rings. The minimum atomic E-state index is 0.776. The normalized spacial score (nSPS) is 21.6. The van der Waals surface area contributed by atoms with Crippen molar-refractivity contribution in [2.24, 2.45) is 22.7 Å². The lowest BCUT2D eigenvalue weighted by atomic mass is 9.83. The van der Waals surface area contributed by atoms with Gasteiger partial charge in [-0.25, -0.2) is 0 Å². The zero-order valence-electron chi connectivity index (χ0n) is 26.0. The van der Waals surface area contributed by atoms with Crippen LogP contribution >= 0.6 is 0 Å². The summed E-state index contributed by atoms with van der Waals surface area (Å²) in [7, 11) is 0. The Balaban J connectivity index is 1.43. The first-order chi connectivity index (χ1) is 20.6. The third-order valence-electron chi connectivity index (χ3n) is 10.1. The molecule has 0 radical (unpaired) electrons. The number of fused-ring (bicyclic) bond motifs is 3. The van der Waals surface area contributed by atoms with Crippen LogP contribution < -0.4 is 9.80 Å². The van der Waals surface area contributed by atoms with Crippen LogP contribution in [0.15, 0.2) is 89.9 Å². The molecule has 218 valence electrons. The van der Waals surface area contributed by atoms with Gasteiger partial charge in [0.15, 0.2) is 0 Å². The first-order valence-electron chi connectivity index (χ1n) is 16.4. The summed E-state index contributed by atoms with van der Waals surface area (Å²) >= 11 is 0. The molecule has 3 aliphatic rings. The van der Waals surface area contributed by atoms with Crippen LogP contribution in [0.5, 0.6) is 0 Å². The Bertz CT molecular complexity index is 1390. The van der Waals surface area contributed by atoms with E-state index in [0.717, 1.165) is 56.2 Å². The van der Waals surface area contributed by atoms with Crippen LogP contribution in [0.1, 0.15) is 75.6 Å². The van der Waals surface area contributed by atoms with Crippen molar-refractivity contribution in [3.8, 4) is 0 Å². The van der Waals surface area contributed by atoms with Crippen LogP contribution in [-0.4, -0.2) is 38.4 Å². The van der Waals surface area contributed by atoms with Crippen molar-refractivity contribution in [2.75, 3.05) is 42.5 Å². The molecule has 3 aliphatic carbocycles. The third-order valence-corrected chi connectivity index (χ3v) is 10.1. The Kier molecular flexibility index (Phi) is 8.65. The Labute approximate surface area is 253 Å². The molecule has 0 aliphatic heterocycles. The minimum Gasteiger partial charge on any atom is -0.372 e. The first-order valence-corrected chi connectivity index (χ1v) is 16.4. The molecule has 0 amide bonds. The third kappa shape index (κ3) is 5.59. The second-order valence-electron chi connectivity index (χ2n) is 12.3. The molecule has 3 atom stereocenters. The predicted octanol–water partition coefficient (Wildman–Crippen LogP) is 9.13. The lowest BCUT2D eigenvalue weighted by molar-refractivity contribution is 0.342. The van der Waals surface area contributed by atoms with Gasteiger partial charge >= 0.3 is 0 Å². The number of allylic oxidation sites excluding steroid dienone is 3. The van der Waals surface area contributed by atoms with Crippen LogP contribution in [0.4, 0.5) is 11.4 Å². The number of hydrogen-bond acceptors (Lipinski definition) is 3. The summed E-state index contributed by atoms with van der Waals surface area (Å²) in [6.45, 7) is 13.9. The molecule has 2 saturated carbocycles. The molecule has 3 aromatic carbocycles. The molecule has 0 heterocycles. The van der Waals surface area contributed by atoms with Crippen molar-refractivity contribution in [1.29, 1.82) is 0 Å². The van der Waals surface area contributed by atoms with Gasteiger partial charge in [0.2, 0.25) is 0 Å². The lowest BCUT2D eigenvalue weighted by Crippen LogP contribution is -2.21. The maximum absolute atomic E-state index is 5.26.